The Morgan fingerprint density at radius 1 is 0.972 bits per heavy atom. The lowest BCUT2D eigenvalue weighted by Crippen LogP contribution is -2.30. The van der Waals surface area contributed by atoms with Crippen molar-refractivity contribution < 1.29 is 22.8 Å². The molecule has 1 aromatic heterocycles. The lowest BCUT2D eigenvalue weighted by Gasteiger charge is -2.22. The number of nitrogens with zero attached hydrogens (tertiary/aromatic N) is 4. The quantitative estimate of drug-likeness (QED) is 0.224. The van der Waals surface area contributed by atoms with Crippen molar-refractivity contribution in [2.24, 2.45) is 0 Å². The summed E-state index contributed by atoms with van der Waals surface area (Å²) < 4.78 is 39.4. The van der Waals surface area contributed by atoms with E-state index in [0.717, 1.165) is 16.9 Å². The summed E-state index contributed by atoms with van der Waals surface area (Å²) in [5, 5.41) is 19.8. The zero-order valence-corrected chi connectivity index (χ0v) is 21.2. The van der Waals surface area contributed by atoms with Gasteiger partial charge < -0.3 is 9.47 Å². The van der Waals surface area contributed by atoms with Crippen molar-refractivity contribution in [1.29, 1.82) is 0 Å². The van der Waals surface area contributed by atoms with Crippen LogP contribution in [0.5, 0.6) is 11.5 Å². The zero-order chi connectivity index (χ0) is 25.9. The molecule has 0 saturated carbocycles. The van der Waals surface area contributed by atoms with Gasteiger partial charge in [-0.1, -0.05) is 29.0 Å². The Hall–Kier alpha value is -4.03. The minimum absolute atomic E-state index is 0.0568. The predicted octanol–water partition coefficient (Wildman–Crippen LogP) is 4.83. The normalized spacial score (nSPS) is 11.2. The van der Waals surface area contributed by atoms with Gasteiger partial charge in [-0.2, -0.15) is 0 Å². The van der Waals surface area contributed by atoms with E-state index < -0.39 is 14.9 Å². The van der Waals surface area contributed by atoms with E-state index in [1.807, 2.05) is 6.92 Å². The monoisotopic (exact) mass is 526 g/mol. The number of benzene rings is 3. The van der Waals surface area contributed by atoms with Gasteiger partial charge >= 0.3 is 0 Å². The molecule has 0 bridgehead atoms. The number of aromatic nitrogens is 2. The molecule has 0 saturated heterocycles. The second kappa shape index (κ2) is 10.3. The Balaban J connectivity index is 1.77. The van der Waals surface area contributed by atoms with Gasteiger partial charge in [0.15, 0.2) is 0 Å². The molecule has 4 aromatic rings. The molecule has 36 heavy (non-hydrogen) atoms. The van der Waals surface area contributed by atoms with Gasteiger partial charge in [0.05, 0.1) is 30.6 Å². The van der Waals surface area contributed by atoms with Crippen molar-refractivity contribution in [2.75, 3.05) is 18.5 Å². The molecule has 0 fully saturated rings. The van der Waals surface area contributed by atoms with Crippen LogP contribution in [0.4, 0.5) is 10.8 Å². The highest BCUT2D eigenvalue weighted by Crippen LogP contribution is 2.35. The van der Waals surface area contributed by atoms with E-state index in [1.54, 1.807) is 54.6 Å². The number of nitro benzene ring substituents is 1. The molecule has 0 amide bonds. The van der Waals surface area contributed by atoms with E-state index in [0.29, 0.717) is 27.6 Å². The van der Waals surface area contributed by atoms with Gasteiger partial charge in [-0.3, -0.25) is 10.1 Å². The lowest BCUT2D eigenvalue weighted by molar-refractivity contribution is -0.384. The number of nitro groups is 1. The predicted molar refractivity (Wildman–Crippen MR) is 136 cm³/mol. The molecular weight excluding hydrogens is 504 g/mol. The minimum atomic E-state index is -4.03. The van der Waals surface area contributed by atoms with E-state index in [9.17, 15) is 18.5 Å². The molecule has 0 atom stereocenters. The molecule has 0 spiro atoms. The van der Waals surface area contributed by atoms with Gasteiger partial charge in [0.2, 0.25) is 5.13 Å². The number of aryl methyl sites for hydroxylation is 1. The van der Waals surface area contributed by atoms with Crippen LogP contribution in [0.1, 0.15) is 11.1 Å². The Morgan fingerprint density at radius 3 is 2.28 bits per heavy atom. The molecule has 0 aliphatic rings. The summed E-state index contributed by atoms with van der Waals surface area (Å²) in [6.07, 6.45) is 0. The number of rotatable bonds is 9. The highest BCUT2D eigenvalue weighted by Gasteiger charge is 2.29. The van der Waals surface area contributed by atoms with E-state index in [4.69, 9.17) is 9.47 Å². The van der Waals surface area contributed by atoms with Crippen LogP contribution < -0.4 is 13.8 Å². The number of hydrogen-bond donors (Lipinski definition) is 0. The standard InChI is InChI=1S/C24H22N4O6S2/c1-16-4-12-21(13-5-16)36(31,32)27(15-18-8-11-20(33-2)14-22(18)34-3)24-26-25-23(35-24)17-6-9-19(10-7-17)28(29)30/h4-14H,15H2,1-3H3. The number of anilines is 1. The van der Waals surface area contributed by atoms with Gasteiger partial charge in [0.25, 0.3) is 15.7 Å². The maximum Gasteiger partial charge on any atom is 0.269 e. The smallest absolute Gasteiger partial charge is 0.269 e. The fourth-order valence-corrected chi connectivity index (χ4v) is 5.84. The average molecular weight is 527 g/mol. The average Bonchev–Trinajstić information content (AvgIpc) is 3.37. The second-order valence-corrected chi connectivity index (χ2v) is 10.5. The molecule has 186 valence electrons. The Morgan fingerprint density at radius 2 is 1.67 bits per heavy atom. The first-order valence-electron chi connectivity index (χ1n) is 10.6. The van der Waals surface area contributed by atoms with Crippen LogP contribution in [-0.4, -0.2) is 37.8 Å². The Bertz CT molecular complexity index is 1490. The third kappa shape index (κ3) is 5.14. The van der Waals surface area contributed by atoms with Crippen molar-refractivity contribution in [1.82, 2.24) is 10.2 Å². The summed E-state index contributed by atoms with van der Waals surface area (Å²) in [5.74, 6) is 1.03. The second-order valence-electron chi connectivity index (χ2n) is 7.70. The minimum Gasteiger partial charge on any atom is -0.497 e. The topological polar surface area (TPSA) is 125 Å². The number of methoxy groups -OCH3 is 2. The summed E-state index contributed by atoms with van der Waals surface area (Å²) >= 11 is 1.06. The maximum absolute atomic E-state index is 13.8. The van der Waals surface area contributed by atoms with Crippen LogP contribution >= 0.6 is 11.3 Å². The summed E-state index contributed by atoms with van der Waals surface area (Å²) in [6, 6.07) is 17.5. The molecule has 3 aromatic carbocycles. The molecule has 10 nitrogen and oxygen atoms in total. The van der Waals surface area contributed by atoms with Gasteiger partial charge in [0.1, 0.15) is 16.5 Å². The largest absolute Gasteiger partial charge is 0.497 e. The molecule has 0 aliphatic heterocycles. The Labute approximate surface area is 212 Å². The van der Waals surface area contributed by atoms with Crippen LogP contribution in [0.15, 0.2) is 71.6 Å². The van der Waals surface area contributed by atoms with Crippen molar-refractivity contribution in [2.45, 2.75) is 18.4 Å². The summed E-state index contributed by atoms with van der Waals surface area (Å²) in [4.78, 5) is 10.6. The first kappa shape index (κ1) is 25.1. The maximum atomic E-state index is 13.8. The fourth-order valence-electron chi connectivity index (χ4n) is 3.39. The molecule has 4 rings (SSSR count). The van der Waals surface area contributed by atoms with Crippen molar-refractivity contribution >= 4 is 32.2 Å². The molecule has 1 heterocycles. The number of hydrogen-bond acceptors (Lipinski definition) is 9. The van der Waals surface area contributed by atoms with Crippen molar-refractivity contribution in [3.63, 3.8) is 0 Å². The summed E-state index contributed by atoms with van der Waals surface area (Å²) in [7, 11) is -1.01. The third-order valence-corrected chi connectivity index (χ3v) is 8.23. The van der Waals surface area contributed by atoms with Crippen LogP contribution in [0, 0.1) is 17.0 Å². The van der Waals surface area contributed by atoms with E-state index in [2.05, 4.69) is 10.2 Å². The SMILES string of the molecule is COc1ccc(CN(c2nnc(-c3ccc([N+](=O)[O-])cc3)s2)S(=O)(=O)c2ccc(C)cc2)c(OC)c1. The van der Waals surface area contributed by atoms with Crippen LogP contribution in [0.25, 0.3) is 10.6 Å². The molecule has 0 radical (unpaired) electrons. The van der Waals surface area contributed by atoms with Crippen LogP contribution in [0.2, 0.25) is 0 Å². The highest BCUT2D eigenvalue weighted by atomic mass is 32.2. The number of sulfonamides is 1. The molecular formula is C24H22N4O6S2. The highest BCUT2D eigenvalue weighted by molar-refractivity contribution is 7.93. The summed E-state index contributed by atoms with van der Waals surface area (Å²) in [5.41, 5.74) is 2.05. The van der Waals surface area contributed by atoms with Crippen LogP contribution in [-0.2, 0) is 16.6 Å². The number of non-ortho nitro benzene ring substituents is 1. The van der Waals surface area contributed by atoms with Gasteiger partial charge in [-0.05, 0) is 43.3 Å². The van der Waals surface area contributed by atoms with Gasteiger partial charge in [0, 0.05) is 29.3 Å². The lowest BCUT2D eigenvalue weighted by atomic mass is 10.2. The van der Waals surface area contributed by atoms with E-state index in [1.165, 1.54) is 30.7 Å². The molecule has 0 aliphatic carbocycles. The molecule has 0 N–H and O–H groups in total. The van der Waals surface area contributed by atoms with E-state index >= 15 is 0 Å². The summed E-state index contributed by atoms with van der Waals surface area (Å²) in [6.45, 7) is 1.80. The molecule has 12 heteroatoms. The number of ether oxygens (including phenoxy) is 2. The first-order chi connectivity index (χ1) is 17.2. The van der Waals surface area contributed by atoms with Crippen LogP contribution in [0.3, 0.4) is 0 Å². The van der Waals surface area contributed by atoms with Crippen molar-refractivity contribution in [3.8, 4) is 22.1 Å². The molecule has 0 unspecified atom stereocenters. The van der Waals surface area contributed by atoms with Crippen molar-refractivity contribution in [3.05, 3.63) is 88.0 Å². The van der Waals surface area contributed by atoms with Gasteiger partial charge in [-0.15, -0.1) is 10.2 Å². The fraction of sp³-hybridized carbons (Fsp3) is 0.167. The van der Waals surface area contributed by atoms with Gasteiger partial charge in [-0.25, -0.2) is 12.7 Å². The zero-order valence-electron chi connectivity index (χ0n) is 19.6. The van der Waals surface area contributed by atoms with E-state index in [-0.39, 0.29) is 22.3 Å². The third-order valence-electron chi connectivity index (χ3n) is 5.37. The Kier molecular flexibility index (Phi) is 7.17. The first-order valence-corrected chi connectivity index (χ1v) is 12.9.